The van der Waals surface area contributed by atoms with Crippen LogP contribution in [0.2, 0.25) is 0 Å². The van der Waals surface area contributed by atoms with E-state index in [1.807, 2.05) is 37.3 Å². The Labute approximate surface area is 182 Å². The maximum absolute atomic E-state index is 11.5. The summed E-state index contributed by atoms with van der Waals surface area (Å²) in [6, 6.07) is 17.2. The van der Waals surface area contributed by atoms with E-state index in [1.54, 1.807) is 30.5 Å². The highest BCUT2D eigenvalue weighted by atomic mass is 32.2. The third kappa shape index (κ3) is 5.90. The van der Waals surface area contributed by atoms with Gasteiger partial charge in [0, 0.05) is 30.3 Å². The van der Waals surface area contributed by atoms with Crippen molar-refractivity contribution in [2.45, 2.75) is 24.8 Å². The zero-order valence-electron chi connectivity index (χ0n) is 17.3. The molecule has 0 saturated heterocycles. The van der Waals surface area contributed by atoms with Crippen molar-refractivity contribution in [2.24, 2.45) is 4.99 Å². The van der Waals surface area contributed by atoms with Crippen LogP contribution in [0.4, 0.5) is 0 Å². The molecule has 1 heterocycles. The average Bonchev–Trinajstić information content (AvgIpc) is 3.11. The number of hydrogen-bond donors (Lipinski definition) is 2. The molecule has 0 radical (unpaired) electrons. The van der Waals surface area contributed by atoms with Gasteiger partial charge in [-0.2, -0.15) is 0 Å². The van der Waals surface area contributed by atoms with Crippen LogP contribution in [0.1, 0.15) is 16.1 Å². The lowest BCUT2D eigenvalue weighted by atomic mass is 10.1. The van der Waals surface area contributed by atoms with Gasteiger partial charge in [-0.15, -0.1) is 11.3 Å². The first kappa shape index (κ1) is 22.0. The summed E-state index contributed by atoms with van der Waals surface area (Å²) in [7, 11) is -1.42. The van der Waals surface area contributed by atoms with Crippen molar-refractivity contribution in [1.29, 1.82) is 0 Å². The number of rotatable bonds is 7. The quantitative estimate of drug-likeness (QED) is 0.433. The molecule has 0 fully saturated rings. The third-order valence-corrected chi connectivity index (χ3v) is 6.95. The number of nitrogens with one attached hydrogen (secondary N) is 2. The minimum Gasteiger partial charge on any atom is -0.356 e. The molecule has 0 aliphatic heterocycles. The summed E-state index contributed by atoms with van der Waals surface area (Å²) in [4.78, 5) is 10.5. The fourth-order valence-electron chi connectivity index (χ4n) is 2.91. The van der Waals surface area contributed by atoms with Crippen LogP contribution in [0, 0.1) is 6.92 Å². The molecular formula is C22H26N4O2S2. The molecule has 1 aromatic heterocycles. The second kappa shape index (κ2) is 9.86. The normalized spacial score (nSPS) is 12.0. The monoisotopic (exact) mass is 442 g/mol. The van der Waals surface area contributed by atoms with E-state index in [1.165, 1.54) is 11.1 Å². The predicted molar refractivity (Wildman–Crippen MR) is 124 cm³/mol. The highest BCUT2D eigenvalue weighted by Crippen LogP contribution is 2.27. The highest BCUT2D eigenvalue weighted by Gasteiger charge is 2.10. The van der Waals surface area contributed by atoms with Crippen molar-refractivity contribution in [3.63, 3.8) is 0 Å². The number of benzene rings is 2. The van der Waals surface area contributed by atoms with Gasteiger partial charge >= 0.3 is 0 Å². The molecular weight excluding hydrogens is 416 g/mol. The van der Waals surface area contributed by atoms with Crippen LogP contribution in [0.15, 0.2) is 64.5 Å². The van der Waals surface area contributed by atoms with Crippen molar-refractivity contribution in [1.82, 2.24) is 15.6 Å². The number of nitrogens with zero attached hydrogens (tertiary/aromatic N) is 2. The number of thiazole rings is 1. The molecule has 0 aliphatic rings. The molecule has 158 valence electrons. The van der Waals surface area contributed by atoms with Crippen molar-refractivity contribution in [3.8, 4) is 10.6 Å². The standard InChI is InChI=1S/C22H26N4O2S2/c1-16-20(29-21(26-16)18-7-5-4-6-8-18)15-25-22(23-2)24-14-13-17-9-11-19(12-10-17)30(3,27)28/h4-12H,13-15H2,1-3H3,(H2,23,24,25). The third-order valence-electron chi connectivity index (χ3n) is 4.61. The van der Waals surface area contributed by atoms with Gasteiger partial charge in [0.15, 0.2) is 15.8 Å². The maximum Gasteiger partial charge on any atom is 0.191 e. The van der Waals surface area contributed by atoms with Crippen LogP contribution >= 0.6 is 11.3 Å². The summed E-state index contributed by atoms with van der Waals surface area (Å²) < 4.78 is 23.1. The van der Waals surface area contributed by atoms with Gasteiger partial charge in [0.05, 0.1) is 17.1 Å². The van der Waals surface area contributed by atoms with Crippen LogP contribution in [-0.4, -0.2) is 39.2 Å². The van der Waals surface area contributed by atoms with E-state index < -0.39 is 9.84 Å². The number of aryl methyl sites for hydroxylation is 1. The van der Waals surface area contributed by atoms with Gasteiger partial charge in [-0.05, 0) is 31.0 Å². The number of hydrogen-bond acceptors (Lipinski definition) is 5. The van der Waals surface area contributed by atoms with Crippen LogP contribution in [0.5, 0.6) is 0 Å². The molecule has 3 rings (SSSR count). The van der Waals surface area contributed by atoms with Gasteiger partial charge in [0.1, 0.15) is 5.01 Å². The Morgan fingerprint density at radius 1 is 1.07 bits per heavy atom. The number of aromatic nitrogens is 1. The molecule has 0 amide bonds. The van der Waals surface area contributed by atoms with Gasteiger partial charge in [0.25, 0.3) is 0 Å². The van der Waals surface area contributed by atoms with Gasteiger partial charge < -0.3 is 10.6 Å². The molecule has 2 N–H and O–H groups in total. The zero-order chi connectivity index (χ0) is 21.6. The molecule has 0 aliphatic carbocycles. The van der Waals surface area contributed by atoms with Crippen LogP contribution < -0.4 is 10.6 Å². The topological polar surface area (TPSA) is 83.5 Å². The van der Waals surface area contributed by atoms with E-state index in [0.29, 0.717) is 18.0 Å². The van der Waals surface area contributed by atoms with Crippen molar-refractivity contribution >= 4 is 27.1 Å². The Kier molecular flexibility index (Phi) is 7.23. The summed E-state index contributed by atoms with van der Waals surface area (Å²) in [6.45, 7) is 3.37. The fourth-order valence-corrected chi connectivity index (χ4v) is 4.55. The minimum atomic E-state index is -3.16. The Morgan fingerprint density at radius 3 is 2.40 bits per heavy atom. The second-order valence-corrected chi connectivity index (χ2v) is 10.0. The van der Waals surface area contributed by atoms with Gasteiger partial charge in [-0.1, -0.05) is 42.5 Å². The van der Waals surface area contributed by atoms with Crippen LogP contribution in [-0.2, 0) is 22.8 Å². The van der Waals surface area contributed by atoms with Crippen LogP contribution in [0.25, 0.3) is 10.6 Å². The zero-order valence-corrected chi connectivity index (χ0v) is 19.0. The molecule has 0 unspecified atom stereocenters. The molecule has 0 bridgehead atoms. The first-order valence-electron chi connectivity index (χ1n) is 9.62. The van der Waals surface area contributed by atoms with Crippen LogP contribution in [0.3, 0.4) is 0 Å². The number of guanidine groups is 1. The lowest BCUT2D eigenvalue weighted by molar-refractivity contribution is 0.602. The fraction of sp³-hybridized carbons (Fsp3) is 0.273. The minimum absolute atomic E-state index is 0.339. The summed E-state index contributed by atoms with van der Waals surface area (Å²) in [5.74, 6) is 0.719. The van der Waals surface area contributed by atoms with Gasteiger partial charge in [-0.25, -0.2) is 13.4 Å². The summed E-state index contributed by atoms with van der Waals surface area (Å²) in [5.41, 5.74) is 3.21. The molecule has 2 aromatic carbocycles. The molecule has 0 atom stereocenters. The largest absolute Gasteiger partial charge is 0.356 e. The van der Waals surface area contributed by atoms with E-state index >= 15 is 0 Å². The van der Waals surface area contributed by atoms with E-state index in [9.17, 15) is 8.42 Å². The summed E-state index contributed by atoms with van der Waals surface area (Å²) in [5, 5.41) is 7.65. The predicted octanol–water partition coefficient (Wildman–Crippen LogP) is 3.43. The first-order valence-corrected chi connectivity index (χ1v) is 12.3. The molecule has 8 heteroatoms. The highest BCUT2D eigenvalue weighted by molar-refractivity contribution is 7.90. The smallest absolute Gasteiger partial charge is 0.191 e. The SMILES string of the molecule is CN=C(NCCc1ccc(S(C)(=O)=O)cc1)NCc1sc(-c2ccccc2)nc1C. The Hall–Kier alpha value is -2.71. The summed E-state index contributed by atoms with van der Waals surface area (Å²) >= 11 is 1.68. The molecule has 3 aromatic rings. The summed E-state index contributed by atoms with van der Waals surface area (Å²) in [6.07, 6.45) is 1.98. The van der Waals surface area contributed by atoms with Crippen molar-refractivity contribution < 1.29 is 8.42 Å². The van der Waals surface area contributed by atoms with Crippen molar-refractivity contribution in [3.05, 3.63) is 70.7 Å². The molecule has 0 saturated carbocycles. The van der Waals surface area contributed by atoms with Crippen molar-refractivity contribution in [2.75, 3.05) is 19.8 Å². The Bertz CT molecular complexity index is 1110. The second-order valence-electron chi connectivity index (χ2n) is 6.91. The molecule has 30 heavy (non-hydrogen) atoms. The lowest BCUT2D eigenvalue weighted by Crippen LogP contribution is -2.37. The average molecular weight is 443 g/mol. The lowest BCUT2D eigenvalue weighted by Gasteiger charge is -2.11. The van der Waals surface area contributed by atoms with E-state index in [0.717, 1.165) is 34.2 Å². The van der Waals surface area contributed by atoms with E-state index in [-0.39, 0.29) is 0 Å². The van der Waals surface area contributed by atoms with Gasteiger partial charge in [0.2, 0.25) is 0 Å². The Morgan fingerprint density at radius 2 is 1.77 bits per heavy atom. The number of aliphatic imine (C=N–C) groups is 1. The number of sulfone groups is 1. The first-order chi connectivity index (χ1) is 14.4. The molecule has 0 spiro atoms. The Balaban J connectivity index is 1.51. The van der Waals surface area contributed by atoms with E-state index in [2.05, 4.69) is 32.7 Å². The maximum atomic E-state index is 11.5. The van der Waals surface area contributed by atoms with Gasteiger partial charge in [-0.3, -0.25) is 4.99 Å². The van der Waals surface area contributed by atoms with E-state index in [4.69, 9.17) is 0 Å². The molecule has 6 nitrogen and oxygen atoms in total.